The molecule has 0 bridgehead atoms. The lowest BCUT2D eigenvalue weighted by atomic mass is 10.2. The van der Waals surface area contributed by atoms with E-state index in [0.29, 0.717) is 23.2 Å². The molecule has 6 nitrogen and oxygen atoms in total. The van der Waals surface area contributed by atoms with Gasteiger partial charge < -0.3 is 5.32 Å². The van der Waals surface area contributed by atoms with Crippen LogP contribution in [-0.2, 0) is 17.9 Å². The third kappa shape index (κ3) is 3.14. The summed E-state index contributed by atoms with van der Waals surface area (Å²) in [4.78, 5) is 37.0. The van der Waals surface area contributed by atoms with Crippen LogP contribution in [-0.4, -0.2) is 21.1 Å². The van der Waals surface area contributed by atoms with E-state index in [4.69, 9.17) is 0 Å². The van der Waals surface area contributed by atoms with Crippen molar-refractivity contribution in [1.82, 2.24) is 14.5 Å². The maximum Gasteiger partial charge on any atom is 0.332 e. The van der Waals surface area contributed by atoms with Crippen LogP contribution >= 0.6 is 11.3 Å². The summed E-state index contributed by atoms with van der Waals surface area (Å²) >= 11 is 1.30. The minimum absolute atomic E-state index is 0.0581. The van der Waals surface area contributed by atoms with Crippen LogP contribution in [0.1, 0.15) is 33.6 Å². The molecule has 1 atom stereocenters. The Bertz CT molecular complexity index is 787. The molecule has 0 aliphatic heterocycles. The number of hydrogen-bond acceptors (Lipinski definition) is 4. The molecule has 0 radical (unpaired) electrons. The van der Waals surface area contributed by atoms with E-state index in [1.165, 1.54) is 20.5 Å². The molecular formula is C15H21N3O3S. The van der Waals surface area contributed by atoms with E-state index in [1.807, 2.05) is 20.8 Å². The van der Waals surface area contributed by atoms with Gasteiger partial charge in [0, 0.05) is 12.6 Å². The Labute approximate surface area is 132 Å². The first-order valence-corrected chi connectivity index (χ1v) is 8.37. The molecule has 0 fully saturated rings. The van der Waals surface area contributed by atoms with Crippen LogP contribution in [0, 0.1) is 0 Å². The topological polar surface area (TPSA) is 73.1 Å². The highest BCUT2D eigenvalue weighted by Crippen LogP contribution is 2.15. The SMILES string of the molecule is CCCn1c(=O)c2sccc2n(CC(=O)NC(C)CC)c1=O. The standard InChI is InChI=1S/C15H21N3O3S/c1-4-7-17-14(20)13-11(6-8-22-13)18(15(17)21)9-12(19)16-10(3)5-2/h6,8,10H,4-5,7,9H2,1-3H3,(H,16,19). The molecule has 2 rings (SSSR count). The lowest BCUT2D eigenvalue weighted by molar-refractivity contribution is -0.122. The van der Waals surface area contributed by atoms with E-state index in [9.17, 15) is 14.4 Å². The number of nitrogens with zero attached hydrogens (tertiary/aromatic N) is 2. The highest BCUT2D eigenvalue weighted by Gasteiger charge is 2.16. The lowest BCUT2D eigenvalue weighted by Gasteiger charge is -2.14. The molecule has 0 aromatic carbocycles. The summed E-state index contributed by atoms with van der Waals surface area (Å²) in [6, 6.07) is 1.78. The van der Waals surface area contributed by atoms with E-state index in [0.717, 1.165) is 6.42 Å². The zero-order valence-electron chi connectivity index (χ0n) is 13.1. The minimum atomic E-state index is -0.419. The highest BCUT2D eigenvalue weighted by molar-refractivity contribution is 7.17. The Hall–Kier alpha value is -1.89. The van der Waals surface area contributed by atoms with Crippen molar-refractivity contribution in [2.45, 2.75) is 52.7 Å². The van der Waals surface area contributed by atoms with Gasteiger partial charge >= 0.3 is 5.69 Å². The summed E-state index contributed by atoms with van der Waals surface area (Å²) in [5.41, 5.74) is -0.154. The number of amides is 1. The lowest BCUT2D eigenvalue weighted by Crippen LogP contribution is -2.43. The van der Waals surface area contributed by atoms with Gasteiger partial charge in [-0.3, -0.25) is 18.7 Å². The number of nitrogens with one attached hydrogen (secondary N) is 1. The molecule has 0 saturated heterocycles. The summed E-state index contributed by atoms with van der Waals surface area (Å²) in [5, 5.41) is 4.61. The summed E-state index contributed by atoms with van der Waals surface area (Å²) in [6.07, 6.45) is 1.51. The largest absolute Gasteiger partial charge is 0.352 e. The second-order valence-corrected chi connectivity index (χ2v) is 6.25. The molecule has 22 heavy (non-hydrogen) atoms. The molecule has 0 spiro atoms. The van der Waals surface area contributed by atoms with Crippen LogP contribution in [0.25, 0.3) is 10.2 Å². The smallest absolute Gasteiger partial charge is 0.332 e. The van der Waals surface area contributed by atoms with Gasteiger partial charge in [-0.15, -0.1) is 11.3 Å². The highest BCUT2D eigenvalue weighted by atomic mass is 32.1. The first kappa shape index (κ1) is 16.5. The number of carbonyl (C=O) groups excluding carboxylic acids is 1. The van der Waals surface area contributed by atoms with E-state index >= 15 is 0 Å². The Morgan fingerprint density at radius 2 is 2.05 bits per heavy atom. The minimum Gasteiger partial charge on any atom is -0.352 e. The van der Waals surface area contributed by atoms with Crippen molar-refractivity contribution in [3.8, 4) is 0 Å². The molecule has 120 valence electrons. The normalized spacial score (nSPS) is 12.5. The fourth-order valence-corrected chi connectivity index (χ4v) is 3.12. The van der Waals surface area contributed by atoms with Gasteiger partial charge in [-0.25, -0.2) is 4.79 Å². The predicted molar refractivity (Wildman–Crippen MR) is 88.5 cm³/mol. The monoisotopic (exact) mass is 323 g/mol. The molecule has 7 heteroatoms. The second-order valence-electron chi connectivity index (χ2n) is 5.34. The van der Waals surface area contributed by atoms with Crippen LogP contribution in [0.2, 0.25) is 0 Å². The molecule has 1 unspecified atom stereocenters. The summed E-state index contributed by atoms with van der Waals surface area (Å²) in [7, 11) is 0. The van der Waals surface area contributed by atoms with Gasteiger partial charge in [0.25, 0.3) is 5.56 Å². The summed E-state index contributed by atoms with van der Waals surface area (Å²) in [6.45, 7) is 6.10. The van der Waals surface area contributed by atoms with Crippen LogP contribution < -0.4 is 16.6 Å². The van der Waals surface area contributed by atoms with Gasteiger partial charge in [0.05, 0.1) is 5.52 Å². The first-order valence-electron chi connectivity index (χ1n) is 7.49. The summed E-state index contributed by atoms with van der Waals surface area (Å²) < 4.78 is 3.13. The molecule has 2 heterocycles. The van der Waals surface area contributed by atoms with E-state index in [2.05, 4.69) is 5.32 Å². The predicted octanol–water partition coefficient (Wildman–Crippen LogP) is 1.55. The number of hydrogen-bond donors (Lipinski definition) is 1. The van der Waals surface area contributed by atoms with Crippen molar-refractivity contribution in [2.75, 3.05) is 0 Å². The first-order chi connectivity index (χ1) is 10.5. The van der Waals surface area contributed by atoms with Crippen molar-refractivity contribution in [2.24, 2.45) is 0 Å². The summed E-state index contributed by atoms with van der Waals surface area (Å²) in [5.74, 6) is -0.217. The zero-order valence-corrected chi connectivity index (χ0v) is 13.9. The van der Waals surface area contributed by atoms with Gasteiger partial charge in [0.15, 0.2) is 0 Å². The Balaban J connectivity index is 2.49. The average molecular weight is 323 g/mol. The van der Waals surface area contributed by atoms with Gasteiger partial charge in [0.2, 0.25) is 5.91 Å². The van der Waals surface area contributed by atoms with Crippen molar-refractivity contribution >= 4 is 27.5 Å². The van der Waals surface area contributed by atoms with Crippen LogP contribution in [0.15, 0.2) is 21.0 Å². The number of carbonyl (C=O) groups is 1. The molecule has 0 aliphatic rings. The van der Waals surface area contributed by atoms with Crippen molar-refractivity contribution < 1.29 is 4.79 Å². The average Bonchev–Trinajstić information content (AvgIpc) is 2.97. The third-order valence-electron chi connectivity index (χ3n) is 3.61. The van der Waals surface area contributed by atoms with Crippen LogP contribution in [0.5, 0.6) is 0 Å². The number of aromatic nitrogens is 2. The van der Waals surface area contributed by atoms with E-state index in [-0.39, 0.29) is 24.1 Å². The van der Waals surface area contributed by atoms with E-state index in [1.54, 1.807) is 11.4 Å². The maximum atomic E-state index is 12.5. The molecule has 0 saturated carbocycles. The van der Waals surface area contributed by atoms with Gasteiger partial charge in [-0.05, 0) is 31.2 Å². The molecule has 1 amide bonds. The van der Waals surface area contributed by atoms with Gasteiger partial charge in [-0.2, -0.15) is 0 Å². The zero-order chi connectivity index (χ0) is 16.3. The van der Waals surface area contributed by atoms with E-state index < -0.39 is 5.69 Å². The number of thiophene rings is 1. The molecule has 0 aliphatic carbocycles. The Morgan fingerprint density at radius 3 is 2.68 bits per heavy atom. The fraction of sp³-hybridized carbons (Fsp3) is 0.533. The van der Waals surface area contributed by atoms with Crippen LogP contribution in [0.3, 0.4) is 0 Å². The van der Waals surface area contributed by atoms with Crippen molar-refractivity contribution in [3.63, 3.8) is 0 Å². The number of fused-ring (bicyclic) bond motifs is 1. The fourth-order valence-electron chi connectivity index (χ4n) is 2.27. The van der Waals surface area contributed by atoms with Gasteiger partial charge in [-0.1, -0.05) is 13.8 Å². The Kier molecular flexibility index (Phi) is 5.18. The molecule has 1 N–H and O–H groups in total. The quantitative estimate of drug-likeness (QED) is 0.876. The molecule has 2 aromatic heterocycles. The molecule has 2 aromatic rings. The van der Waals surface area contributed by atoms with Crippen molar-refractivity contribution in [3.05, 3.63) is 32.3 Å². The third-order valence-corrected chi connectivity index (χ3v) is 4.50. The second kappa shape index (κ2) is 6.91. The van der Waals surface area contributed by atoms with Crippen LogP contribution in [0.4, 0.5) is 0 Å². The maximum absolute atomic E-state index is 12.5. The molecular weight excluding hydrogens is 302 g/mol. The number of rotatable bonds is 6. The van der Waals surface area contributed by atoms with Gasteiger partial charge in [0.1, 0.15) is 11.2 Å². The van der Waals surface area contributed by atoms with Crippen molar-refractivity contribution in [1.29, 1.82) is 0 Å². The Morgan fingerprint density at radius 1 is 1.32 bits per heavy atom.